The Balaban J connectivity index is 1.44. The molecule has 1 fully saturated rings. The summed E-state index contributed by atoms with van der Waals surface area (Å²) in [7, 11) is 0. The summed E-state index contributed by atoms with van der Waals surface area (Å²) in [4.78, 5) is 4.39. The number of aromatic nitrogens is 4. The van der Waals surface area contributed by atoms with Crippen LogP contribution in [0, 0.1) is 5.92 Å². The van der Waals surface area contributed by atoms with E-state index in [4.69, 9.17) is 9.26 Å². The van der Waals surface area contributed by atoms with Crippen LogP contribution in [0.3, 0.4) is 0 Å². The normalized spacial score (nSPS) is 18.0. The van der Waals surface area contributed by atoms with E-state index in [9.17, 15) is 0 Å². The zero-order chi connectivity index (χ0) is 16.1. The number of nitrogens with one attached hydrogen (secondary N) is 1. The van der Waals surface area contributed by atoms with Crippen LogP contribution in [0.4, 0.5) is 5.13 Å². The largest absolute Gasteiger partial charge is 0.376 e. The smallest absolute Gasteiger partial charge is 0.226 e. The molecule has 2 aromatic heterocycles. The number of anilines is 1. The van der Waals surface area contributed by atoms with Gasteiger partial charge in [0, 0.05) is 19.6 Å². The van der Waals surface area contributed by atoms with E-state index in [-0.39, 0.29) is 0 Å². The minimum atomic E-state index is 0.300. The molecule has 0 aliphatic carbocycles. The Morgan fingerprint density at radius 2 is 2.30 bits per heavy atom. The molecule has 1 aliphatic heterocycles. The third-order valence-electron chi connectivity index (χ3n) is 3.33. The molecule has 3 rings (SSSR count). The van der Waals surface area contributed by atoms with Gasteiger partial charge in [-0.05, 0) is 18.8 Å². The van der Waals surface area contributed by atoms with Crippen molar-refractivity contribution in [1.82, 2.24) is 20.3 Å². The van der Waals surface area contributed by atoms with Crippen LogP contribution in [0.25, 0.3) is 0 Å². The van der Waals surface area contributed by atoms with Crippen LogP contribution in [0.2, 0.25) is 0 Å². The Kier molecular flexibility index (Phi) is 5.85. The molecular weight excluding hydrogens is 334 g/mol. The third kappa shape index (κ3) is 5.15. The fraction of sp³-hybridized carbons (Fsp3) is 0.714. The fourth-order valence-corrected chi connectivity index (χ4v) is 3.86. The van der Waals surface area contributed by atoms with Gasteiger partial charge in [0.15, 0.2) is 10.2 Å². The average Bonchev–Trinajstić information content (AvgIpc) is 3.25. The van der Waals surface area contributed by atoms with Crippen LogP contribution in [0.5, 0.6) is 0 Å². The third-order valence-corrected chi connectivity index (χ3v) is 5.34. The van der Waals surface area contributed by atoms with Crippen LogP contribution >= 0.6 is 23.1 Å². The molecule has 126 valence electrons. The SMILES string of the molecule is CC(C)Cc1nc(CSc2nnc(NC[C@H]3CCCO3)s2)no1. The lowest BCUT2D eigenvalue weighted by molar-refractivity contribution is 0.120. The van der Waals surface area contributed by atoms with Crippen molar-refractivity contribution in [2.75, 3.05) is 18.5 Å². The summed E-state index contributed by atoms with van der Waals surface area (Å²) in [6, 6.07) is 0. The van der Waals surface area contributed by atoms with E-state index in [0.717, 1.165) is 41.9 Å². The summed E-state index contributed by atoms with van der Waals surface area (Å²) in [6.07, 6.45) is 3.37. The molecule has 1 aliphatic rings. The summed E-state index contributed by atoms with van der Waals surface area (Å²) in [5.41, 5.74) is 0. The van der Waals surface area contributed by atoms with Gasteiger partial charge in [0.1, 0.15) is 0 Å². The zero-order valence-corrected chi connectivity index (χ0v) is 15.0. The van der Waals surface area contributed by atoms with Gasteiger partial charge >= 0.3 is 0 Å². The Bertz CT molecular complexity index is 610. The van der Waals surface area contributed by atoms with Gasteiger partial charge in [-0.25, -0.2) is 0 Å². The molecule has 23 heavy (non-hydrogen) atoms. The van der Waals surface area contributed by atoms with E-state index in [1.54, 1.807) is 23.1 Å². The summed E-state index contributed by atoms with van der Waals surface area (Å²) < 4.78 is 11.7. The lowest BCUT2D eigenvalue weighted by Gasteiger charge is -2.08. The maximum absolute atomic E-state index is 5.58. The van der Waals surface area contributed by atoms with Crippen molar-refractivity contribution in [2.45, 2.75) is 49.3 Å². The molecule has 0 aromatic carbocycles. The van der Waals surface area contributed by atoms with Crippen molar-refractivity contribution < 1.29 is 9.26 Å². The van der Waals surface area contributed by atoms with Gasteiger partial charge in [-0.2, -0.15) is 4.98 Å². The van der Waals surface area contributed by atoms with Crippen LogP contribution in [-0.2, 0) is 16.9 Å². The van der Waals surface area contributed by atoms with E-state index in [1.807, 2.05) is 0 Å². The molecule has 1 N–H and O–H groups in total. The van der Waals surface area contributed by atoms with Gasteiger partial charge in [-0.3, -0.25) is 0 Å². The van der Waals surface area contributed by atoms with Crippen molar-refractivity contribution in [1.29, 1.82) is 0 Å². The van der Waals surface area contributed by atoms with Crippen molar-refractivity contribution in [2.24, 2.45) is 5.92 Å². The number of nitrogens with zero attached hydrogens (tertiary/aromatic N) is 4. The minimum Gasteiger partial charge on any atom is -0.376 e. The lowest BCUT2D eigenvalue weighted by atomic mass is 10.1. The van der Waals surface area contributed by atoms with Crippen molar-refractivity contribution >= 4 is 28.2 Å². The minimum absolute atomic E-state index is 0.300. The number of hydrogen-bond acceptors (Lipinski definition) is 9. The van der Waals surface area contributed by atoms with Crippen LogP contribution < -0.4 is 5.32 Å². The van der Waals surface area contributed by atoms with Gasteiger partial charge in [0.2, 0.25) is 11.0 Å². The van der Waals surface area contributed by atoms with Crippen molar-refractivity contribution in [3.8, 4) is 0 Å². The number of hydrogen-bond donors (Lipinski definition) is 1. The molecule has 0 spiro atoms. The average molecular weight is 355 g/mol. The molecule has 0 amide bonds. The first-order chi connectivity index (χ1) is 11.2. The Hall–Kier alpha value is -1.19. The highest BCUT2D eigenvalue weighted by molar-refractivity contribution is 8.00. The van der Waals surface area contributed by atoms with Gasteiger partial charge in [0.25, 0.3) is 0 Å². The highest BCUT2D eigenvalue weighted by Gasteiger charge is 2.16. The number of rotatable bonds is 8. The predicted octanol–water partition coefficient (Wildman–Crippen LogP) is 3.00. The number of ether oxygens (including phenoxy) is 1. The quantitative estimate of drug-likeness (QED) is 0.723. The highest BCUT2D eigenvalue weighted by Crippen LogP contribution is 2.28. The molecular formula is C14H21N5O2S2. The first-order valence-electron chi connectivity index (χ1n) is 7.82. The molecule has 1 saturated heterocycles. The van der Waals surface area contributed by atoms with Gasteiger partial charge in [-0.1, -0.05) is 42.1 Å². The van der Waals surface area contributed by atoms with Crippen molar-refractivity contribution in [3.63, 3.8) is 0 Å². The standard InChI is InChI=1S/C14H21N5O2S2/c1-9(2)6-12-16-11(19-21-12)8-22-14-18-17-13(23-14)15-7-10-4-3-5-20-10/h9-10H,3-8H2,1-2H3,(H,15,17)/t10-/m1/s1. The molecule has 0 unspecified atom stereocenters. The van der Waals surface area contributed by atoms with Gasteiger partial charge < -0.3 is 14.6 Å². The maximum atomic E-state index is 5.58. The molecule has 0 saturated carbocycles. The Morgan fingerprint density at radius 1 is 1.39 bits per heavy atom. The molecule has 1 atom stereocenters. The summed E-state index contributed by atoms with van der Waals surface area (Å²) in [6.45, 7) is 5.92. The first kappa shape index (κ1) is 16.7. The highest BCUT2D eigenvalue weighted by atomic mass is 32.2. The Labute approximate surface area is 143 Å². The van der Waals surface area contributed by atoms with Gasteiger partial charge in [-0.15, -0.1) is 10.2 Å². The van der Waals surface area contributed by atoms with Crippen LogP contribution in [-0.4, -0.2) is 39.6 Å². The lowest BCUT2D eigenvalue weighted by Crippen LogP contribution is -2.18. The van der Waals surface area contributed by atoms with Crippen LogP contribution in [0.15, 0.2) is 8.86 Å². The van der Waals surface area contributed by atoms with Crippen molar-refractivity contribution in [3.05, 3.63) is 11.7 Å². The van der Waals surface area contributed by atoms with Gasteiger partial charge in [0.05, 0.1) is 11.9 Å². The zero-order valence-electron chi connectivity index (χ0n) is 13.3. The molecule has 3 heterocycles. The molecule has 9 heteroatoms. The van der Waals surface area contributed by atoms with E-state index >= 15 is 0 Å². The van der Waals surface area contributed by atoms with Crippen LogP contribution in [0.1, 0.15) is 38.4 Å². The summed E-state index contributed by atoms with van der Waals surface area (Å²) >= 11 is 3.11. The summed E-state index contributed by atoms with van der Waals surface area (Å²) in [5, 5.41) is 16.4. The molecule has 7 nitrogen and oxygen atoms in total. The molecule has 2 aromatic rings. The maximum Gasteiger partial charge on any atom is 0.226 e. The second-order valence-corrected chi connectivity index (χ2v) is 8.08. The Morgan fingerprint density at radius 3 is 3.09 bits per heavy atom. The second kappa shape index (κ2) is 8.07. The molecule has 0 bridgehead atoms. The van der Waals surface area contributed by atoms with E-state index in [0.29, 0.717) is 29.5 Å². The predicted molar refractivity (Wildman–Crippen MR) is 89.8 cm³/mol. The molecule has 0 radical (unpaired) electrons. The summed E-state index contributed by atoms with van der Waals surface area (Å²) in [5.74, 6) is 2.56. The topological polar surface area (TPSA) is 86.0 Å². The first-order valence-corrected chi connectivity index (χ1v) is 9.62. The van der Waals surface area contributed by atoms with E-state index in [2.05, 4.69) is 39.5 Å². The monoisotopic (exact) mass is 355 g/mol. The second-order valence-electron chi connectivity index (χ2n) is 5.88. The van der Waals surface area contributed by atoms with E-state index < -0.39 is 0 Å². The fourth-order valence-electron chi connectivity index (χ4n) is 2.25. The van der Waals surface area contributed by atoms with E-state index in [1.165, 1.54) is 0 Å². The number of thioether (sulfide) groups is 1.